The van der Waals surface area contributed by atoms with Crippen molar-refractivity contribution in [1.82, 2.24) is 0 Å². The van der Waals surface area contributed by atoms with E-state index in [4.69, 9.17) is 10.4 Å². The van der Waals surface area contributed by atoms with E-state index in [1.807, 2.05) is 0 Å². The molecule has 0 saturated carbocycles. The van der Waals surface area contributed by atoms with Gasteiger partial charge in [-0.15, -0.1) is 0 Å². The van der Waals surface area contributed by atoms with Crippen LogP contribution in [0.4, 0.5) is 0 Å². The van der Waals surface area contributed by atoms with E-state index >= 15 is 0 Å². The summed E-state index contributed by atoms with van der Waals surface area (Å²) in [6.45, 7) is 0. The molecule has 0 aliphatic rings. The van der Waals surface area contributed by atoms with Gasteiger partial charge in [-0.1, -0.05) is 0 Å². The number of carboxylic acids is 1. The highest BCUT2D eigenvalue weighted by atomic mass is 16.4. The molecule has 0 spiro atoms. The minimum Gasteiger partial charge on any atom is -0.507 e. The van der Waals surface area contributed by atoms with Gasteiger partial charge in [-0.3, -0.25) is 0 Å². The zero-order chi connectivity index (χ0) is 10.6. The summed E-state index contributed by atoms with van der Waals surface area (Å²) in [6, 6.07) is 5.62. The van der Waals surface area contributed by atoms with E-state index in [9.17, 15) is 9.90 Å². The summed E-state index contributed by atoms with van der Waals surface area (Å²) in [7, 11) is 0. The normalized spacial score (nSPS) is 9.93. The first-order valence-electron chi connectivity index (χ1n) is 3.77. The van der Waals surface area contributed by atoms with E-state index < -0.39 is 5.97 Å². The van der Waals surface area contributed by atoms with Crippen LogP contribution in [0.3, 0.4) is 0 Å². The van der Waals surface area contributed by atoms with Gasteiger partial charge in [0.2, 0.25) is 0 Å². The predicted octanol–water partition coefficient (Wildman–Crippen LogP) is 1.63. The number of aromatic hydroxyl groups is 1. The highest BCUT2D eigenvalue weighted by molar-refractivity contribution is 5.88. The highest BCUT2D eigenvalue weighted by Crippen LogP contribution is 2.19. The smallest absolute Gasteiger partial charge is 0.335 e. The molecule has 1 rings (SSSR count). The van der Waals surface area contributed by atoms with E-state index in [0.29, 0.717) is 5.56 Å². The Bertz CT molecular complexity index is 429. The number of phenolic OH excluding ortho intramolecular Hbond substituents is 1. The number of hydrogen-bond acceptors (Lipinski definition) is 3. The van der Waals surface area contributed by atoms with Crippen LogP contribution in [-0.4, -0.2) is 16.2 Å². The van der Waals surface area contributed by atoms with Crippen molar-refractivity contribution < 1.29 is 15.0 Å². The SMILES string of the molecule is N#C/C=C/c1cc(C(=O)O)ccc1O. The topological polar surface area (TPSA) is 81.3 Å². The Balaban J connectivity index is 3.16. The lowest BCUT2D eigenvalue weighted by atomic mass is 10.1. The number of allylic oxidation sites excluding steroid dienone is 1. The van der Waals surface area contributed by atoms with Crippen molar-refractivity contribution in [3.63, 3.8) is 0 Å². The number of rotatable bonds is 2. The van der Waals surface area contributed by atoms with Gasteiger partial charge in [0.15, 0.2) is 0 Å². The number of carboxylic acid groups (broad SMARTS) is 1. The predicted molar refractivity (Wildman–Crippen MR) is 49.7 cm³/mol. The fourth-order valence-corrected chi connectivity index (χ4v) is 0.948. The lowest BCUT2D eigenvalue weighted by Gasteiger charge is -1.99. The zero-order valence-corrected chi connectivity index (χ0v) is 7.14. The molecule has 0 amide bonds. The van der Waals surface area contributed by atoms with Gasteiger partial charge in [-0.2, -0.15) is 5.26 Å². The van der Waals surface area contributed by atoms with Gasteiger partial charge >= 0.3 is 5.97 Å². The molecular formula is C10H7NO3. The maximum Gasteiger partial charge on any atom is 0.335 e. The summed E-state index contributed by atoms with van der Waals surface area (Å²) in [5.74, 6) is -1.13. The zero-order valence-electron chi connectivity index (χ0n) is 7.14. The molecule has 4 heteroatoms. The van der Waals surface area contributed by atoms with Crippen molar-refractivity contribution in [2.24, 2.45) is 0 Å². The summed E-state index contributed by atoms with van der Waals surface area (Å²) < 4.78 is 0. The number of benzene rings is 1. The maximum atomic E-state index is 10.6. The molecule has 70 valence electrons. The van der Waals surface area contributed by atoms with Crippen LogP contribution in [0.5, 0.6) is 5.75 Å². The quantitative estimate of drug-likeness (QED) is 0.692. The van der Waals surface area contributed by atoms with Gasteiger partial charge in [-0.05, 0) is 24.3 Å². The largest absolute Gasteiger partial charge is 0.507 e. The average Bonchev–Trinajstić information content (AvgIpc) is 2.16. The highest BCUT2D eigenvalue weighted by Gasteiger charge is 2.05. The third-order valence-electron chi connectivity index (χ3n) is 1.61. The molecule has 4 nitrogen and oxygen atoms in total. The Hall–Kier alpha value is -2.28. The second kappa shape index (κ2) is 4.10. The monoisotopic (exact) mass is 189 g/mol. The van der Waals surface area contributed by atoms with Crippen LogP contribution < -0.4 is 0 Å². The molecule has 0 aliphatic heterocycles. The van der Waals surface area contributed by atoms with Crippen LogP contribution >= 0.6 is 0 Å². The second-order valence-corrected chi connectivity index (χ2v) is 2.54. The third kappa shape index (κ3) is 2.11. The molecule has 14 heavy (non-hydrogen) atoms. The van der Waals surface area contributed by atoms with E-state index in [1.54, 1.807) is 6.07 Å². The Morgan fingerprint density at radius 3 is 2.79 bits per heavy atom. The molecule has 0 fully saturated rings. The molecule has 0 bridgehead atoms. The number of hydrogen-bond donors (Lipinski definition) is 2. The van der Waals surface area contributed by atoms with Gasteiger partial charge < -0.3 is 10.2 Å². The number of aromatic carboxylic acids is 1. The minimum atomic E-state index is -1.07. The number of phenols is 1. The number of carbonyl (C=O) groups is 1. The average molecular weight is 189 g/mol. The van der Waals surface area contributed by atoms with Gasteiger partial charge in [-0.25, -0.2) is 4.79 Å². The molecule has 1 aromatic rings. The van der Waals surface area contributed by atoms with Crippen LogP contribution in [-0.2, 0) is 0 Å². The van der Waals surface area contributed by atoms with E-state index in [-0.39, 0.29) is 11.3 Å². The number of nitriles is 1. The van der Waals surface area contributed by atoms with Crippen LogP contribution in [0.1, 0.15) is 15.9 Å². The molecule has 0 radical (unpaired) electrons. The Morgan fingerprint density at radius 2 is 2.21 bits per heavy atom. The van der Waals surface area contributed by atoms with E-state index in [1.165, 1.54) is 30.4 Å². The molecule has 0 saturated heterocycles. The molecule has 2 N–H and O–H groups in total. The van der Waals surface area contributed by atoms with E-state index in [2.05, 4.69) is 0 Å². The maximum absolute atomic E-state index is 10.6. The Kier molecular flexibility index (Phi) is 2.87. The summed E-state index contributed by atoms with van der Waals surface area (Å²) in [5, 5.41) is 26.2. The fraction of sp³-hybridized carbons (Fsp3) is 0. The molecule has 0 aliphatic carbocycles. The summed E-state index contributed by atoms with van der Waals surface area (Å²) >= 11 is 0. The lowest BCUT2D eigenvalue weighted by molar-refractivity contribution is 0.0697. The van der Waals surface area contributed by atoms with Crippen LogP contribution in [0, 0.1) is 11.3 Å². The van der Waals surface area contributed by atoms with Crippen LogP contribution in [0.2, 0.25) is 0 Å². The van der Waals surface area contributed by atoms with Crippen molar-refractivity contribution in [3.05, 3.63) is 35.4 Å². The molecule has 0 atom stereocenters. The Labute approximate surface area is 80.3 Å². The molecule has 1 aromatic carbocycles. The van der Waals surface area contributed by atoms with Crippen LogP contribution in [0.15, 0.2) is 24.3 Å². The van der Waals surface area contributed by atoms with Crippen molar-refractivity contribution in [3.8, 4) is 11.8 Å². The van der Waals surface area contributed by atoms with Gasteiger partial charge in [0.25, 0.3) is 0 Å². The van der Waals surface area contributed by atoms with Crippen LogP contribution in [0.25, 0.3) is 6.08 Å². The lowest BCUT2D eigenvalue weighted by Crippen LogP contribution is -1.95. The first kappa shape index (κ1) is 9.81. The molecule has 0 aromatic heterocycles. The van der Waals surface area contributed by atoms with Crippen molar-refractivity contribution in [2.45, 2.75) is 0 Å². The summed E-state index contributed by atoms with van der Waals surface area (Å²) in [4.78, 5) is 10.6. The van der Waals surface area contributed by atoms with Gasteiger partial charge in [0.05, 0.1) is 11.6 Å². The third-order valence-corrected chi connectivity index (χ3v) is 1.61. The van der Waals surface area contributed by atoms with Crippen molar-refractivity contribution >= 4 is 12.0 Å². The Morgan fingerprint density at radius 1 is 1.50 bits per heavy atom. The standard InChI is InChI=1S/C10H7NO3/c11-5-1-2-7-6-8(10(13)14)3-4-9(7)12/h1-4,6,12H,(H,13,14)/b2-1+. The fourth-order valence-electron chi connectivity index (χ4n) is 0.948. The number of nitrogens with zero attached hydrogens (tertiary/aromatic N) is 1. The first-order chi connectivity index (χ1) is 6.65. The van der Waals surface area contributed by atoms with Crippen molar-refractivity contribution in [1.29, 1.82) is 5.26 Å². The second-order valence-electron chi connectivity index (χ2n) is 2.54. The minimum absolute atomic E-state index is 0.0542. The van der Waals surface area contributed by atoms with Gasteiger partial charge in [0, 0.05) is 11.6 Å². The van der Waals surface area contributed by atoms with Crippen molar-refractivity contribution in [2.75, 3.05) is 0 Å². The first-order valence-corrected chi connectivity index (χ1v) is 3.77. The van der Waals surface area contributed by atoms with Gasteiger partial charge in [0.1, 0.15) is 5.75 Å². The molecule has 0 unspecified atom stereocenters. The summed E-state index contributed by atoms with van der Waals surface area (Å²) in [6.07, 6.45) is 2.52. The summed E-state index contributed by atoms with van der Waals surface area (Å²) in [5.41, 5.74) is 0.381. The molecule has 0 heterocycles. The van der Waals surface area contributed by atoms with E-state index in [0.717, 1.165) is 0 Å². The molecular weight excluding hydrogens is 182 g/mol.